The van der Waals surface area contributed by atoms with Crippen LogP contribution in [0.15, 0.2) is 4.52 Å². The number of amides is 1. The van der Waals surface area contributed by atoms with Crippen molar-refractivity contribution in [3.8, 4) is 0 Å². The van der Waals surface area contributed by atoms with E-state index in [9.17, 15) is 4.79 Å². The number of hydrogen-bond donors (Lipinski definition) is 0. The maximum absolute atomic E-state index is 12.0. The first-order valence-electron chi connectivity index (χ1n) is 7.84. The molecule has 1 fully saturated rings. The second kappa shape index (κ2) is 7.54. The smallest absolute Gasteiger partial charge is 0.248 e. The van der Waals surface area contributed by atoms with E-state index in [0.717, 1.165) is 31.6 Å². The summed E-state index contributed by atoms with van der Waals surface area (Å²) in [6.45, 7) is 8.24. The summed E-state index contributed by atoms with van der Waals surface area (Å²) in [6, 6.07) is 0. The quantitative estimate of drug-likeness (QED) is 0.805. The molecule has 0 radical (unpaired) electrons. The van der Waals surface area contributed by atoms with Crippen LogP contribution in [0.4, 0.5) is 0 Å². The van der Waals surface area contributed by atoms with Gasteiger partial charge in [0.05, 0.1) is 5.92 Å². The van der Waals surface area contributed by atoms with Gasteiger partial charge in [-0.25, -0.2) is 0 Å². The average molecular weight is 295 g/mol. The van der Waals surface area contributed by atoms with Crippen LogP contribution in [-0.4, -0.2) is 47.3 Å². The molecule has 0 aromatic carbocycles. The number of nitrogens with zero attached hydrogens (tertiary/aromatic N) is 3. The molecule has 118 valence electrons. The summed E-state index contributed by atoms with van der Waals surface area (Å²) < 4.78 is 10.6. The number of ether oxygens (including phenoxy) is 1. The molecule has 0 spiro atoms. The van der Waals surface area contributed by atoms with Crippen molar-refractivity contribution in [2.75, 3.05) is 26.3 Å². The Labute approximate surface area is 125 Å². The molecule has 0 saturated carbocycles. The first-order valence-corrected chi connectivity index (χ1v) is 7.84. The van der Waals surface area contributed by atoms with Crippen LogP contribution in [0.5, 0.6) is 0 Å². The Bertz CT molecular complexity index is 461. The molecule has 6 heteroatoms. The van der Waals surface area contributed by atoms with Crippen molar-refractivity contribution in [2.24, 2.45) is 0 Å². The minimum atomic E-state index is 0.0446. The molecule has 21 heavy (non-hydrogen) atoms. The van der Waals surface area contributed by atoms with Crippen molar-refractivity contribution in [3.05, 3.63) is 11.7 Å². The third-order valence-electron chi connectivity index (χ3n) is 4.06. The van der Waals surface area contributed by atoms with E-state index in [4.69, 9.17) is 9.26 Å². The summed E-state index contributed by atoms with van der Waals surface area (Å²) >= 11 is 0. The SMILES string of the molecule is CCOCC(=O)N1CCC[C@@H](c2nc([C@H](C)CC)no2)C1. The fourth-order valence-electron chi connectivity index (χ4n) is 2.48. The molecule has 1 aromatic rings. The van der Waals surface area contributed by atoms with Crippen molar-refractivity contribution < 1.29 is 14.1 Å². The molecule has 6 nitrogen and oxygen atoms in total. The zero-order chi connectivity index (χ0) is 15.2. The van der Waals surface area contributed by atoms with Gasteiger partial charge in [-0.05, 0) is 26.2 Å². The largest absolute Gasteiger partial charge is 0.372 e. The van der Waals surface area contributed by atoms with Crippen molar-refractivity contribution in [1.29, 1.82) is 0 Å². The third-order valence-corrected chi connectivity index (χ3v) is 4.06. The van der Waals surface area contributed by atoms with Gasteiger partial charge in [0.15, 0.2) is 5.82 Å². The molecule has 1 aliphatic rings. The minimum absolute atomic E-state index is 0.0446. The number of hydrogen-bond acceptors (Lipinski definition) is 5. The van der Waals surface area contributed by atoms with Crippen molar-refractivity contribution in [3.63, 3.8) is 0 Å². The molecule has 0 unspecified atom stereocenters. The second-order valence-electron chi connectivity index (χ2n) is 5.62. The van der Waals surface area contributed by atoms with Gasteiger partial charge in [0.2, 0.25) is 11.8 Å². The number of piperidine rings is 1. The fourth-order valence-corrected chi connectivity index (χ4v) is 2.48. The van der Waals surface area contributed by atoms with E-state index >= 15 is 0 Å². The van der Waals surface area contributed by atoms with Crippen LogP contribution in [0, 0.1) is 0 Å². The van der Waals surface area contributed by atoms with Crippen molar-refractivity contribution in [1.82, 2.24) is 15.0 Å². The van der Waals surface area contributed by atoms with Gasteiger partial charge in [0.25, 0.3) is 0 Å². The molecule has 1 amide bonds. The first-order chi connectivity index (χ1) is 10.2. The molecule has 1 aliphatic heterocycles. The lowest BCUT2D eigenvalue weighted by molar-refractivity contribution is -0.137. The predicted molar refractivity (Wildman–Crippen MR) is 78.1 cm³/mol. The highest BCUT2D eigenvalue weighted by molar-refractivity contribution is 5.77. The number of carbonyl (C=O) groups is 1. The Hall–Kier alpha value is -1.43. The lowest BCUT2D eigenvalue weighted by atomic mass is 9.98. The molecule has 2 atom stereocenters. The van der Waals surface area contributed by atoms with Gasteiger partial charge in [-0.2, -0.15) is 4.98 Å². The molecule has 1 saturated heterocycles. The predicted octanol–water partition coefficient (Wildman–Crippen LogP) is 2.33. The van der Waals surface area contributed by atoms with Gasteiger partial charge in [0.1, 0.15) is 6.61 Å². The third kappa shape index (κ3) is 4.03. The van der Waals surface area contributed by atoms with Gasteiger partial charge in [0, 0.05) is 25.6 Å². The average Bonchev–Trinajstić information content (AvgIpc) is 3.02. The second-order valence-corrected chi connectivity index (χ2v) is 5.62. The molecule has 2 rings (SSSR count). The van der Waals surface area contributed by atoms with E-state index in [1.807, 2.05) is 11.8 Å². The molecule has 0 bridgehead atoms. The van der Waals surface area contributed by atoms with Crippen molar-refractivity contribution in [2.45, 2.75) is 51.9 Å². The highest BCUT2D eigenvalue weighted by Gasteiger charge is 2.28. The number of aromatic nitrogens is 2. The van der Waals surface area contributed by atoms with Crippen LogP contribution in [-0.2, 0) is 9.53 Å². The molecule has 1 aromatic heterocycles. The molecule has 2 heterocycles. The summed E-state index contributed by atoms with van der Waals surface area (Å²) in [5.74, 6) is 1.93. The van der Waals surface area contributed by atoms with Crippen LogP contribution in [0.25, 0.3) is 0 Å². The lowest BCUT2D eigenvalue weighted by Crippen LogP contribution is -2.41. The monoisotopic (exact) mass is 295 g/mol. The van der Waals surface area contributed by atoms with Gasteiger partial charge in [-0.1, -0.05) is 19.0 Å². The van der Waals surface area contributed by atoms with Crippen LogP contribution >= 0.6 is 0 Å². The summed E-state index contributed by atoms with van der Waals surface area (Å²) in [7, 11) is 0. The van der Waals surface area contributed by atoms with E-state index in [2.05, 4.69) is 24.0 Å². The molecule has 0 aliphatic carbocycles. The van der Waals surface area contributed by atoms with Crippen molar-refractivity contribution >= 4 is 5.91 Å². The summed E-state index contributed by atoms with van der Waals surface area (Å²) in [4.78, 5) is 18.4. The first kappa shape index (κ1) is 15.9. The lowest BCUT2D eigenvalue weighted by Gasteiger charge is -2.30. The van der Waals surface area contributed by atoms with Gasteiger partial charge in [-0.3, -0.25) is 4.79 Å². The van der Waals surface area contributed by atoms with Crippen LogP contribution < -0.4 is 0 Å². The topological polar surface area (TPSA) is 68.5 Å². The van der Waals surface area contributed by atoms with E-state index in [1.165, 1.54) is 0 Å². The minimum Gasteiger partial charge on any atom is -0.372 e. The highest BCUT2D eigenvalue weighted by atomic mass is 16.5. The number of likely N-dealkylation sites (tertiary alicyclic amines) is 1. The molecular weight excluding hydrogens is 270 g/mol. The Morgan fingerprint density at radius 2 is 2.33 bits per heavy atom. The Kier molecular flexibility index (Phi) is 5.73. The highest BCUT2D eigenvalue weighted by Crippen LogP contribution is 2.27. The molecular formula is C15H25N3O3. The maximum atomic E-state index is 12.0. The van der Waals surface area contributed by atoms with E-state index in [1.54, 1.807) is 0 Å². The zero-order valence-electron chi connectivity index (χ0n) is 13.2. The summed E-state index contributed by atoms with van der Waals surface area (Å²) in [5, 5.41) is 4.07. The van der Waals surface area contributed by atoms with Crippen LogP contribution in [0.2, 0.25) is 0 Å². The Morgan fingerprint density at radius 1 is 1.52 bits per heavy atom. The van der Waals surface area contributed by atoms with E-state index in [-0.39, 0.29) is 18.4 Å². The van der Waals surface area contributed by atoms with Crippen LogP contribution in [0.1, 0.15) is 63.6 Å². The van der Waals surface area contributed by atoms with Gasteiger partial charge >= 0.3 is 0 Å². The summed E-state index contributed by atoms with van der Waals surface area (Å²) in [5.41, 5.74) is 0. The zero-order valence-corrected chi connectivity index (χ0v) is 13.2. The van der Waals surface area contributed by atoms with Crippen LogP contribution in [0.3, 0.4) is 0 Å². The normalized spacial score (nSPS) is 20.5. The summed E-state index contributed by atoms with van der Waals surface area (Å²) in [6.07, 6.45) is 2.94. The Balaban J connectivity index is 1.97. The molecule has 0 N–H and O–H groups in total. The van der Waals surface area contributed by atoms with Gasteiger partial charge in [-0.15, -0.1) is 0 Å². The van der Waals surface area contributed by atoms with E-state index < -0.39 is 0 Å². The fraction of sp³-hybridized carbons (Fsp3) is 0.800. The maximum Gasteiger partial charge on any atom is 0.248 e. The van der Waals surface area contributed by atoms with E-state index in [0.29, 0.717) is 25.0 Å². The standard InChI is InChI=1S/C15H25N3O3/c1-4-11(3)14-16-15(21-17-14)12-7-6-8-18(9-12)13(19)10-20-5-2/h11-12H,4-10H2,1-3H3/t11-,12-/m1/s1. The number of carbonyl (C=O) groups excluding carboxylic acids is 1. The number of rotatable bonds is 6. The Morgan fingerprint density at radius 3 is 3.05 bits per heavy atom. The van der Waals surface area contributed by atoms with Gasteiger partial charge < -0.3 is 14.2 Å².